The van der Waals surface area contributed by atoms with Crippen molar-refractivity contribution < 1.29 is 0 Å². The number of hydrogen-bond donors (Lipinski definition) is 1. The summed E-state index contributed by atoms with van der Waals surface area (Å²) < 4.78 is 1.41. The topological polar surface area (TPSA) is 12.0 Å². The predicted molar refractivity (Wildman–Crippen MR) is 62.4 cm³/mol. The third-order valence-electron chi connectivity index (χ3n) is 2.67. The van der Waals surface area contributed by atoms with Crippen molar-refractivity contribution >= 4 is 27.5 Å². The molecule has 0 atom stereocenters. The van der Waals surface area contributed by atoms with Crippen LogP contribution in [0.25, 0.3) is 16.2 Å². The van der Waals surface area contributed by atoms with Gasteiger partial charge in [0, 0.05) is 21.5 Å². The molecule has 0 amide bonds. The Kier molecular flexibility index (Phi) is 1.64. The number of rotatable bonds is 0. The fourth-order valence-electron chi connectivity index (χ4n) is 2.00. The van der Waals surface area contributed by atoms with E-state index in [1.54, 1.807) is 0 Å². The molecule has 2 heteroatoms. The highest BCUT2D eigenvalue weighted by atomic mass is 32.1. The molecule has 14 heavy (non-hydrogen) atoms. The van der Waals surface area contributed by atoms with Crippen molar-refractivity contribution in [2.75, 3.05) is 0 Å². The lowest BCUT2D eigenvalue weighted by Gasteiger charge is -2.06. The highest BCUT2D eigenvalue weighted by molar-refractivity contribution is 7.19. The first kappa shape index (κ1) is 8.06. The molecule has 70 valence electrons. The number of benzene rings is 1. The zero-order valence-corrected chi connectivity index (χ0v) is 8.82. The molecule has 0 radical (unpaired) electrons. The Hall–Kier alpha value is -1.28. The quantitative estimate of drug-likeness (QED) is 0.689. The molecule has 0 saturated carbocycles. The first-order valence-electron chi connectivity index (χ1n) is 4.77. The Labute approximate surface area is 87.1 Å². The maximum atomic E-state index is 3.25. The number of thiophene rings is 1. The van der Waals surface area contributed by atoms with E-state index in [9.17, 15) is 0 Å². The summed E-state index contributed by atoms with van der Waals surface area (Å²) in [4.78, 5) is 1.46. The average molecular weight is 201 g/mol. The second kappa shape index (κ2) is 2.85. The monoisotopic (exact) mass is 201 g/mol. The van der Waals surface area contributed by atoms with Gasteiger partial charge in [-0.1, -0.05) is 12.1 Å². The van der Waals surface area contributed by atoms with Gasteiger partial charge in [-0.05, 0) is 36.4 Å². The average Bonchev–Trinajstić information content (AvgIpc) is 2.57. The van der Waals surface area contributed by atoms with Crippen LogP contribution >= 0.6 is 11.3 Å². The van der Waals surface area contributed by atoms with Crippen molar-refractivity contribution in [3.63, 3.8) is 0 Å². The molecule has 0 fully saturated rings. The SMILES string of the molecule is Cc1cccc2sc3c(c12)C=CNC3. The van der Waals surface area contributed by atoms with Crippen LogP contribution in [-0.2, 0) is 6.54 Å². The van der Waals surface area contributed by atoms with E-state index in [-0.39, 0.29) is 0 Å². The molecule has 1 N–H and O–H groups in total. The molecule has 0 unspecified atom stereocenters. The van der Waals surface area contributed by atoms with Crippen molar-refractivity contribution in [3.8, 4) is 0 Å². The Bertz CT molecular complexity index is 522. The van der Waals surface area contributed by atoms with Gasteiger partial charge in [0.25, 0.3) is 0 Å². The normalized spacial score (nSPS) is 14.1. The van der Waals surface area contributed by atoms with Crippen molar-refractivity contribution in [2.24, 2.45) is 0 Å². The van der Waals surface area contributed by atoms with E-state index in [0.717, 1.165) is 6.54 Å². The van der Waals surface area contributed by atoms with E-state index in [1.807, 2.05) is 17.5 Å². The largest absolute Gasteiger partial charge is 0.386 e. The molecule has 0 bridgehead atoms. The summed E-state index contributed by atoms with van der Waals surface area (Å²) in [5.41, 5.74) is 2.80. The standard InChI is InChI=1S/C12H11NS/c1-8-3-2-4-10-12(8)9-5-6-13-7-11(9)14-10/h2-6,13H,7H2,1H3. The van der Waals surface area contributed by atoms with E-state index in [2.05, 4.69) is 36.5 Å². The summed E-state index contributed by atoms with van der Waals surface area (Å²) in [5.74, 6) is 0. The third-order valence-corrected chi connectivity index (χ3v) is 3.84. The van der Waals surface area contributed by atoms with Crippen LogP contribution in [0.15, 0.2) is 24.4 Å². The number of nitrogens with one attached hydrogen (secondary N) is 1. The van der Waals surface area contributed by atoms with Gasteiger partial charge in [-0.25, -0.2) is 0 Å². The summed E-state index contributed by atoms with van der Waals surface area (Å²) in [6.45, 7) is 3.16. The molecule has 1 aliphatic heterocycles. The third kappa shape index (κ3) is 1.01. The maximum Gasteiger partial charge on any atom is 0.0495 e. The van der Waals surface area contributed by atoms with Crippen LogP contribution in [0.2, 0.25) is 0 Å². The number of aryl methyl sites for hydroxylation is 1. The van der Waals surface area contributed by atoms with Crippen LogP contribution in [0.4, 0.5) is 0 Å². The van der Waals surface area contributed by atoms with Gasteiger partial charge in [0.2, 0.25) is 0 Å². The molecule has 1 aromatic carbocycles. The Balaban J connectivity index is 2.45. The van der Waals surface area contributed by atoms with Gasteiger partial charge in [-0.15, -0.1) is 11.3 Å². The zero-order chi connectivity index (χ0) is 9.54. The second-order valence-electron chi connectivity index (χ2n) is 3.60. The van der Waals surface area contributed by atoms with E-state index in [1.165, 1.54) is 26.1 Å². The van der Waals surface area contributed by atoms with E-state index in [4.69, 9.17) is 0 Å². The zero-order valence-electron chi connectivity index (χ0n) is 8.00. The molecule has 3 rings (SSSR count). The number of hydrogen-bond acceptors (Lipinski definition) is 2. The second-order valence-corrected chi connectivity index (χ2v) is 4.74. The summed E-state index contributed by atoms with van der Waals surface area (Å²) in [5, 5.41) is 4.69. The lowest BCUT2D eigenvalue weighted by atomic mass is 10.0. The minimum atomic E-state index is 0.977. The van der Waals surface area contributed by atoms with Gasteiger partial charge in [-0.2, -0.15) is 0 Å². The lowest BCUT2D eigenvalue weighted by Crippen LogP contribution is -2.07. The first-order chi connectivity index (χ1) is 6.86. The molecular weight excluding hydrogens is 190 g/mol. The predicted octanol–water partition coefficient (Wildman–Crippen LogP) is 3.28. The highest BCUT2D eigenvalue weighted by Gasteiger charge is 2.12. The lowest BCUT2D eigenvalue weighted by molar-refractivity contribution is 0.878. The Morgan fingerprint density at radius 1 is 1.36 bits per heavy atom. The molecule has 0 aliphatic carbocycles. The maximum absolute atomic E-state index is 3.25. The molecular formula is C12H11NS. The van der Waals surface area contributed by atoms with Crippen molar-refractivity contribution in [2.45, 2.75) is 13.5 Å². The van der Waals surface area contributed by atoms with Crippen LogP contribution in [0.3, 0.4) is 0 Å². The molecule has 1 aromatic heterocycles. The fourth-order valence-corrected chi connectivity index (χ4v) is 3.22. The van der Waals surface area contributed by atoms with Crippen LogP contribution in [0.5, 0.6) is 0 Å². The molecule has 1 aliphatic rings. The summed E-state index contributed by atoms with van der Waals surface area (Å²) >= 11 is 1.90. The van der Waals surface area contributed by atoms with Gasteiger partial charge in [0.05, 0.1) is 0 Å². The van der Waals surface area contributed by atoms with E-state index < -0.39 is 0 Å². The van der Waals surface area contributed by atoms with Crippen LogP contribution in [0, 0.1) is 6.92 Å². The molecule has 0 spiro atoms. The summed E-state index contributed by atoms with van der Waals surface area (Å²) in [6.07, 6.45) is 4.23. The minimum absolute atomic E-state index is 0.977. The van der Waals surface area contributed by atoms with Gasteiger partial charge in [0.1, 0.15) is 0 Å². The fraction of sp³-hybridized carbons (Fsp3) is 0.167. The molecule has 2 heterocycles. The smallest absolute Gasteiger partial charge is 0.0495 e. The van der Waals surface area contributed by atoms with Gasteiger partial charge in [-0.3, -0.25) is 0 Å². The molecule has 1 nitrogen and oxygen atoms in total. The van der Waals surface area contributed by atoms with E-state index >= 15 is 0 Å². The molecule has 2 aromatic rings. The Morgan fingerprint density at radius 3 is 3.21 bits per heavy atom. The van der Waals surface area contributed by atoms with Crippen LogP contribution in [-0.4, -0.2) is 0 Å². The van der Waals surface area contributed by atoms with Crippen molar-refractivity contribution in [1.29, 1.82) is 0 Å². The van der Waals surface area contributed by atoms with Gasteiger partial charge < -0.3 is 5.32 Å². The minimum Gasteiger partial charge on any atom is -0.386 e. The summed E-state index contributed by atoms with van der Waals surface area (Å²) in [7, 11) is 0. The molecule has 0 saturated heterocycles. The van der Waals surface area contributed by atoms with Gasteiger partial charge >= 0.3 is 0 Å². The van der Waals surface area contributed by atoms with Gasteiger partial charge in [0.15, 0.2) is 0 Å². The van der Waals surface area contributed by atoms with Crippen molar-refractivity contribution in [1.82, 2.24) is 5.32 Å². The highest BCUT2D eigenvalue weighted by Crippen LogP contribution is 2.35. The van der Waals surface area contributed by atoms with Crippen LogP contribution in [0.1, 0.15) is 16.0 Å². The summed E-state index contributed by atoms with van der Waals surface area (Å²) in [6, 6.07) is 6.53. The number of fused-ring (bicyclic) bond motifs is 3. The van der Waals surface area contributed by atoms with E-state index in [0.29, 0.717) is 0 Å². The van der Waals surface area contributed by atoms with Crippen LogP contribution < -0.4 is 5.32 Å². The van der Waals surface area contributed by atoms with Crippen molar-refractivity contribution in [3.05, 3.63) is 40.4 Å². The Morgan fingerprint density at radius 2 is 2.29 bits per heavy atom. The first-order valence-corrected chi connectivity index (χ1v) is 5.59.